The maximum absolute atomic E-state index is 13.1. The zero-order valence-corrected chi connectivity index (χ0v) is 8.35. The van der Waals surface area contributed by atoms with Crippen LogP contribution in [0.4, 0.5) is 4.39 Å². The van der Waals surface area contributed by atoms with Crippen LogP contribution in [0.5, 0.6) is 0 Å². The Kier molecular flexibility index (Phi) is 2.70. The maximum Gasteiger partial charge on any atom is 0.157 e. The summed E-state index contributed by atoms with van der Waals surface area (Å²) in [5, 5.41) is 0.513. The topological polar surface area (TPSA) is 28.7 Å². The molecule has 15 heavy (non-hydrogen) atoms. The van der Waals surface area contributed by atoms with Gasteiger partial charge in [-0.3, -0.25) is 0 Å². The molecular formula is C11H6ClFN2. The summed E-state index contributed by atoms with van der Waals surface area (Å²) in [6.45, 7) is 0. The fourth-order valence-electron chi connectivity index (χ4n) is 1.05. The molecule has 2 aromatic heterocycles. The second-order valence-electron chi connectivity index (χ2n) is 2.78. The third-order valence-electron chi connectivity index (χ3n) is 1.76. The first-order valence-corrected chi connectivity index (χ1v) is 4.60. The van der Waals surface area contributed by atoms with Crippen LogP contribution in [0.3, 0.4) is 0 Å². The number of aromatic amines is 1. The van der Waals surface area contributed by atoms with Crippen LogP contribution in [0.1, 0.15) is 11.4 Å². The van der Waals surface area contributed by atoms with Crippen LogP contribution in [0.15, 0.2) is 30.6 Å². The van der Waals surface area contributed by atoms with Crippen molar-refractivity contribution in [3.63, 3.8) is 0 Å². The predicted molar refractivity (Wildman–Crippen MR) is 56.0 cm³/mol. The lowest BCUT2D eigenvalue weighted by Crippen LogP contribution is -1.87. The first-order chi connectivity index (χ1) is 7.27. The molecule has 2 heterocycles. The summed E-state index contributed by atoms with van der Waals surface area (Å²) in [5.74, 6) is 4.88. The molecule has 0 radical (unpaired) electrons. The Morgan fingerprint density at radius 3 is 2.87 bits per heavy atom. The van der Waals surface area contributed by atoms with E-state index in [0.717, 1.165) is 0 Å². The molecule has 0 aliphatic rings. The van der Waals surface area contributed by atoms with E-state index in [-0.39, 0.29) is 5.69 Å². The molecule has 0 amide bonds. The van der Waals surface area contributed by atoms with Gasteiger partial charge in [0, 0.05) is 12.4 Å². The fourth-order valence-corrected chi connectivity index (χ4v) is 1.21. The zero-order valence-electron chi connectivity index (χ0n) is 7.59. The largest absolute Gasteiger partial charge is 0.354 e. The number of nitrogens with one attached hydrogen (secondary N) is 1. The van der Waals surface area contributed by atoms with Crippen LogP contribution >= 0.6 is 11.6 Å². The number of hydrogen-bond donors (Lipinski definition) is 1. The summed E-state index contributed by atoms with van der Waals surface area (Å²) >= 11 is 5.80. The standard InChI is InChI=1S/C11H6ClFN2/c12-8-5-7-15-10(8)3-4-11-9(13)2-1-6-14-11/h1-2,5-7,15H. The number of hydrogen-bond acceptors (Lipinski definition) is 1. The molecule has 0 atom stereocenters. The van der Waals surface area contributed by atoms with Crippen LogP contribution in [0, 0.1) is 17.7 Å². The van der Waals surface area contributed by atoms with Crippen LogP contribution in [-0.4, -0.2) is 9.97 Å². The van der Waals surface area contributed by atoms with Crippen molar-refractivity contribution in [1.29, 1.82) is 0 Å². The van der Waals surface area contributed by atoms with Crippen molar-refractivity contribution in [2.75, 3.05) is 0 Å². The Bertz CT molecular complexity index is 537. The number of halogens is 2. The van der Waals surface area contributed by atoms with Crippen molar-refractivity contribution >= 4 is 11.6 Å². The lowest BCUT2D eigenvalue weighted by atomic mass is 10.3. The van der Waals surface area contributed by atoms with Crippen LogP contribution in [-0.2, 0) is 0 Å². The Balaban J connectivity index is 2.34. The van der Waals surface area contributed by atoms with E-state index in [9.17, 15) is 4.39 Å². The van der Waals surface area contributed by atoms with E-state index in [1.165, 1.54) is 18.3 Å². The summed E-state index contributed by atoms with van der Waals surface area (Å²) in [6.07, 6.45) is 3.16. The summed E-state index contributed by atoms with van der Waals surface area (Å²) in [5.41, 5.74) is 0.671. The van der Waals surface area contributed by atoms with Crippen molar-refractivity contribution in [2.45, 2.75) is 0 Å². The van der Waals surface area contributed by atoms with Crippen molar-refractivity contribution in [2.24, 2.45) is 0 Å². The van der Waals surface area contributed by atoms with Gasteiger partial charge in [-0.2, -0.15) is 0 Å². The quantitative estimate of drug-likeness (QED) is 0.680. The van der Waals surface area contributed by atoms with Crippen LogP contribution < -0.4 is 0 Å². The minimum Gasteiger partial charge on any atom is -0.354 e. The molecule has 2 nitrogen and oxygen atoms in total. The average Bonchev–Trinajstić information content (AvgIpc) is 2.63. The van der Waals surface area contributed by atoms with E-state index in [2.05, 4.69) is 21.8 Å². The Morgan fingerprint density at radius 2 is 2.20 bits per heavy atom. The van der Waals surface area contributed by atoms with Crippen molar-refractivity contribution < 1.29 is 4.39 Å². The van der Waals surface area contributed by atoms with Crippen LogP contribution in [0.25, 0.3) is 0 Å². The Morgan fingerprint density at radius 1 is 1.33 bits per heavy atom. The molecule has 4 heteroatoms. The van der Waals surface area contributed by atoms with Gasteiger partial charge in [-0.05, 0) is 30.0 Å². The van der Waals surface area contributed by atoms with Gasteiger partial charge in [-0.15, -0.1) is 0 Å². The molecule has 0 aliphatic heterocycles. The molecule has 2 rings (SSSR count). The highest BCUT2D eigenvalue weighted by molar-refractivity contribution is 6.31. The molecule has 2 aromatic rings. The molecule has 0 bridgehead atoms. The molecule has 74 valence electrons. The Hall–Kier alpha value is -1.79. The predicted octanol–water partition coefficient (Wildman–Crippen LogP) is 2.60. The molecule has 0 saturated carbocycles. The number of rotatable bonds is 0. The maximum atomic E-state index is 13.1. The monoisotopic (exact) mass is 220 g/mol. The highest BCUT2D eigenvalue weighted by Crippen LogP contribution is 2.11. The van der Waals surface area contributed by atoms with E-state index in [1.807, 2.05) is 0 Å². The minimum absolute atomic E-state index is 0.114. The van der Waals surface area contributed by atoms with Gasteiger partial charge in [-0.25, -0.2) is 9.37 Å². The summed E-state index contributed by atoms with van der Waals surface area (Å²) in [7, 11) is 0. The van der Waals surface area contributed by atoms with Crippen molar-refractivity contribution in [3.05, 3.63) is 52.8 Å². The Labute approximate surface area is 91.1 Å². The lowest BCUT2D eigenvalue weighted by molar-refractivity contribution is 0.617. The number of H-pyrrole nitrogens is 1. The molecule has 0 fully saturated rings. The van der Waals surface area contributed by atoms with Gasteiger partial charge in [0.25, 0.3) is 0 Å². The molecule has 0 saturated heterocycles. The molecule has 1 N–H and O–H groups in total. The lowest BCUT2D eigenvalue weighted by Gasteiger charge is -1.90. The van der Waals surface area contributed by atoms with Gasteiger partial charge in [0.1, 0.15) is 11.4 Å². The first kappa shape index (κ1) is 9.75. The minimum atomic E-state index is -0.437. The van der Waals surface area contributed by atoms with Gasteiger partial charge in [0.05, 0.1) is 5.02 Å². The summed E-state index contributed by atoms with van der Waals surface area (Å²) < 4.78 is 13.1. The summed E-state index contributed by atoms with van der Waals surface area (Å²) in [6, 6.07) is 4.51. The highest BCUT2D eigenvalue weighted by Gasteiger charge is 1.98. The van der Waals surface area contributed by atoms with Gasteiger partial charge in [0.15, 0.2) is 5.82 Å². The number of nitrogens with zero attached hydrogens (tertiary/aromatic N) is 1. The van der Waals surface area contributed by atoms with E-state index >= 15 is 0 Å². The summed E-state index contributed by atoms with van der Waals surface area (Å²) in [4.78, 5) is 6.64. The highest BCUT2D eigenvalue weighted by atomic mass is 35.5. The molecule has 0 aromatic carbocycles. The van der Waals surface area contributed by atoms with Crippen molar-refractivity contribution in [1.82, 2.24) is 9.97 Å². The third kappa shape index (κ3) is 2.17. The first-order valence-electron chi connectivity index (χ1n) is 4.23. The van der Waals surface area contributed by atoms with E-state index < -0.39 is 5.82 Å². The van der Waals surface area contributed by atoms with Gasteiger partial charge in [0.2, 0.25) is 0 Å². The zero-order chi connectivity index (χ0) is 10.7. The fraction of sp³-hybridized carbons (Fsp3) is 0. The molecule has 0 unspecified atom stereocenters. The number of pyridine rings is 1. The molecular weight excluding hydrogens is 215 g/mol. The van der Waals surface area contributed by atoms with E-state index in [1.54, 1.807) is 12.3 Å². The van der Waals surface area contributed by atoms with Gasteiger partial charge >= 0.3 is 0 Å². The average molecular weight is 221 g/mol. The second-order valence-corrected chi connectivity index (χ2v) is 3.19. The third-order valence-corrected chi connectivity index (χ3v) is 2.08. The van der Waals surface area contributed by atoms with Crippen molar-refractivity contribution in [3.8, 4) is 11.8 Å². The van der Waals surface area contributed by atoms with Crippen LogP contribution in [0.2, 0.25) is 5.02 Å². The van der Waals surface area contributed by atoms with E-state index in [4.69, 9.17) is 11.6 Å². The smallest absolute Gasteiger partial charge is 0.157 e. The number of aromatic nitrogens is 2. The van der Waals surface area contributed by atoms with Gasteiger partial charge in [-0.1, -0.05) is 11.6 Å². The molecule has 0 spiro atoms. The van der Waals surface area contributed by atoms with E-state index in [0.29, 0.717) is 10.7 Å². The SMILES string of the molecule is Fc1cccnc1C#Cc1[nH]ccc1Cl. The van der Waals surface area contributed by atoms with Gasteiger partial charge < -0.3 is 4.98 Å². The molecule has 0 aliphatic carbocycles. The normalized spacial score (nSPS) is 9.47. The second kappa shape index (κ2) is 4.16.